The Morgan fingerprint density at radius 3 is 2.41 bits per heavy atom. The number of benzene rings is 1. The van der Waals surface area contributed by atoms with Crippen molar-refractivity contribution in [3.63, 3.8) is 0 Å². The molecule has 5 heteroatoms. The van der Waals surface area contributed by atoms with E-state index in [9.17, 15) is 8.42 Å². The number of epoxide rings is 1. The maximum Gasteiger partial charge on any atom is 0.240 e. The molecular formula is C12H17NO3S. The van der Waals surface area contributed by atoms with Gasteiger partial charge in [-0.05, 0) is 23.6 Å². The van der Waals surface area contributed by atoms with Crippen LogP contribution in [0.5, 0.6) is 0 Å². The Bertz CT molecular complexity index is 475. The fourth-order valence-corrected chi connectivity index (χ4v) is 2.57. The van der Waals surface area contributed by atoms with Crippen LogP contribution in [0, 0.1) is 0 Å². The first-order valence-electron chi connectivity index (χ1n) is 5.70. The van der Waals surface area contributed by atoms with Gasteiger partial charge in [0.2, 0.25) is 10.0 Å². The van der Waals surface area contributed by atoms with Crippen molar-refractivity contribution in [1.82, 2.24) is 4.72 Å². The minimum atomic E-state index is -3.39. The lowest BCUT2D eigenvalue weighted by molar-refractivity contribution is 0.406. The van der Waals surface area contributed by atoms with Crippen molar-refractivity contribution in [3.05, 3.63) is 29.8 Å². The molecule has 0 saturated carbocycles. The van der Waals surface area contributed by atoms with Crippen molar-refractivity contribution in [1.29, 1.82) is 0 Å². The van der Waals surface area contributed by atoms with Gasteiger partial charge in [0, 0.05) is 6.54 Å². The lowest BCUT2D eigenvalue weighted by Gasteiger charge is -2.08. The Morgan fingerprint density at radius 1 is 1.35 bits per heavy atom. The summed E-state index contributed by atoms with van der Waals surface area (Å²) in [6.07, 6.45) is 0.0553. The lowest BCUT2D eigenvalue weighted by Crippen LogP contribution is -2.27. The van der Waals surface area contributed by atoms with Gasteiger partial charge in [-0.15, -0.1) is 0 Å². The van der Waals surface area contributed by atoms with E-state index in [1.54, 1.807) is 12.1 Å². The molecule has 0 unspecified atom stereocenters. The lowest BCUT2D eigenvalue weighted by atomic mass is 10.0. The van der Waals surface area contributed by atoms with Crippen LogP contribution in [-0.2, 0) is 14.8 Å². The van der Waals surface area contributed by atoms with E-state index >= 15 is 0 Å². The summed E-state index contributed by atoms with van der Waals surface area (Å²) in [5.41, 5.74) is 1.13. The number of rotatable bonds is 5. The summed E-state index contributed by atoms with van der Waals surface area (Å²) in [5, 5.41) is 0. The Labute approximate surface area is 102 Å². The maximum absolute atomic E-state index is 11.9. The van der Waals surface area contributed by atoms with E-state index in [-0.39, 0.29) is 6.10 Å². The monoisotopic (exact) mass is 255 g/mol. The van der Waals surface area contributed by atoms with Crippen LogP contribution in [-0.4, -0.2) is 27.7 Å². The average Bonchev–Trinajstić information content (AvgIpc) is 3.10. The van der Waals surface area contributed by atoms with Gasteiger partial charge in [-0.1, -0.05) is 26.0 Å². The molecule has 1 aromatic carbocycles. The zero-order chi connectivity index (χ0) is 12.5. The Kier molecular flexibility index (Phi) is 3.51. The number of hydrogen-bond donors (Lipinski definition) is 1. The van der Waals surface area contributed by atoms with Gasteiger partial charge in [0.1, 0.15) is 0 Å². The van der Waals surface area contributed by atoms with Crippen LogP contribution < -0.4 is 4.72 Å². The molecule has 4 nitrogen and oxygen atoms in total. The third kappa shape index (κ3) is 3.28. The quantitative estimate of drug-likeness (QED) is 0.811. The first kappa shape index (κ1) is 12.5. The molecule has 1 aliphatic rings. The van der Waals surface area contributed by atoms with Gasteiger partial charge in [0.25, 0.3) is 0 Å². The van der Waals surface area contributed by atoms with Gasteiger partial charge in [-0.25, -0.2) is 13.1 Å². The number of nitrogens with one attached hydrogen (secondary N) is 1. The summed E-state index contributed by atoms with van der Waals surface area (Å²) in [6, 6.07) is 7.00. The average molecular weight is 255 g/mol. The molecular weight excluding hydrogens is 238 g/mol. The molecule has 1 aromatic rings. The minimum absolute atomic E-state index is 0.0553. The zero-order valence-corrected chi connectivity index (χ0v) is 10.8. The molecule has 1 saturated heterocycles. The first-order chi connectivity index (χ1) is 7.99. The normalized spacial score (nSPS) is 19.6. The molecule has 0 bridgehead atoms. The molecule has 0 spiro atoms. The number of ether oxygens (including phenoxy) is 1. The van der Waals surface area contributed by atoms with Gasteiger partial charge in [-0.3, -0.25) is 0 Å². The highest BCUT2D eigenvalue weighted by Crippen LogP contribution is 2.17. The number of sulfonamides is 1. The second-order valence-electron chi connectivity index (χ2n) is 4.53. The molecule has 0 amide bonds. The predicted octanol–water partition coefficient (Wildman–Crippen LogP) is 1.49. The number of hydrogen-bond acceptors (Lipinski definition) is 3. The molecule has 2 rings (SSSR count). The molecule has 1 atom stereocenters. The van der Waals surface area contributed by atoms with Crippen LogP contribution in [0.25, 0.3) is 0 Å². The second kappa shape index (κ2) is 4.76. The summed E-state index contributed by atoms with van der Waals surface area (Å²) < 4.78 is 31.3. The maximum atomic E-state index is 11.9. The molecule has 0 aliphatic carbocycles. The Balaban J connectivity index is 2.09. The van der Waals surface area contributed by atoms with Crippen LogP contribution >= 0.6 is 0 Å². The fourth-order valence-electron chi connectivity index (χ4n) is 1.50. The summed E-state index contributed by atoms with van der Waals surface area (Å²) in [4.78, 5) is 0.308. The molecule has 17 heavy (non-hydrogen) atoms. The SMILES string of the molecule is CC(C)c1ccc(S(=O)(=O)NC[C@@H]2CO2)cc1. The summed E-state index contributed by atoms with van der Waals surface area (Å²) in [7, 11) is -3.39. The zero-order valence-electron chi connectivity index (χ0n) is 10.0. The Morgan fingerprint density at radius 2 is 1.94 bits per heavy atom. The van der Waals surface area contributed by atoms with Crippen LogP contribution in [0.4, 0.5) is 0 Å². The largest absolute Gasteiger partial charge is 0.372 e. The highest BCUT2D eigenvalue weighted by Gasteiger charge is 2.25. The van der Waals surface area contributed by atoms with E-state index in [2.05, 4.69) is 18.6 Å². The first-order valence-corrected chi connectivity index (χ1v) is 7.18. The predicted molar refractivity (Wildman–Crippen MR) is 65.5 cm³/mol. The van der Waals surface area contributed by atoms with Crippen LogP contribution in [0.2, 0.25) is 0 Å². The standard InChI is InChI=1S/C12H17NO3S/c1-9(2)10-3-5-12(6-4-10)17(14,15)13-7-11-8-16-11/h3-6,9,11,13H,7-8H2,1-2H3/t11-/m1/s1. The van der Waals surface area contributed by atoms with Gasteiger partial charge in [0.05, 0.1) is 17.6 Å². The van der Waals surface area contributed by atoms with Crippen LogP contribution in [0.15, 0.2) is 29.2 Å². The fraction of sp³-hybridized carbons (Fsp3) is 0.500. The smallest absolute Gasteiger partial charge is 0.240 e. The van der Waals surface area contributed by atoms with Gasteiger partial charge in [-0.2, -0.15) is 0 Å². The molecule has 94 valence electrons. The van der Waals surface area contributed by atoms with Crippen LogP contribution in [0.3, 0.4) is 0 Å². The molecule has 1 heterocycles. The summed E-state index contributed by atoms with van der Waals surface area (Å²) in [5.74, 6) is 0.402. The third-order valence-corrected chi connectivity index (χ3v) is 4.20. The van der Waals surface area contributed by atoms with Crippen molar-refractivity contribution in [2.45, 2.75) is 30.8 Å². The van der Waals surface area contributed by atoms with Crippen molar-refractivity contribution >= 4 is 10.0 Å². The highest BCUT2D eigenvalue weighted by atomic mass is 32.2. The van der Waals surface area contributed by atoms with Crippen molar-refractivity contribution in [3.8, 4) is 0 Å². The van der Waals surface area contributed by atoms with E-state index in [1.807, 2.05) is 12.1 Å². The van der Waals surface area contributed by atoms with Crippen molar-refractivity contribution in [2.75, 3.05) is 13.2 Å². The molecule has 1 fully saturated rings. The summed E-state index contributed by atoms with van der Waals surface area (Å²) in [6.45, 7) is 5.15. The second-order valence-corrected chi connectivity index (χ2v) is 6.30. The molecule has 0 aromatic heterocycles. The van der Waals surface area contributed by atoms with Crippen LogP contribution in [0.1, 0.15) is 25.3 Å². The van der Waals surface area contributed by atoms with Crippen molar-refractivity contribution < 1.29 is 13.2 Å². The van der Waals surface area contributed by atoms with Gasteiger partial charge >= 0.3 is 0 Å². The molecule has 0 radical (unpaired) electrons. The highest BCUT2D eigenvalue weighted by molar-refractivity contribution is 7.89. The third-order valence-electron chi connectivity index (χ3n) is 2.76. The van der Waals surface area contributed by atoms with Gasteiger partial charge < -0.3 is 4.74 Å². The Hall–Kier alpha value is -0.910. The minimum Gasteiger partial charge on any atom is -0.372 e. The van der Waals surface area contributed by atoms with E-state index in [0.29, 0.717) is 24.0 Å². The van der Waals surface area contributed by atoms with E-state index in [0.717, 1.165) is 5.56 Å². The summed E-state index contributed by atoms with van der Waals surface area (Å²) >= 11 is 0. The molecule has 1 aliphatic heterocycles. The van der Waals surface area contributed by atoms with E-state index in [1.165, 1.54) is 0 Å². The van der Waals surface area contributed by atoms with Gasteiger partial charge in [0.15, 0.2) is 0 Å². The topological polar surface area (TPSA) is 58.7 Å². The van der Waals surface area contributed by atoms with E-state index < -0.39 is 10.0 Å². The molecule has 1 N–H and O–H groups in total. The van der Waals surface area contributed by atoms with Crippen molar-refractivity contribution in [2.24, 2.45) is 0 Å². The van der Waals surface area contributed by atoms with E-state index in [4.69, 9.17) is 4.74 Å².